The third-order valence-corrected chi connectivity index (χ3v) is 3.79. The number of nitrogens with zero attached hydrogens (tertiary/aromatic N) is 2. The molecule has 2 rings (SSSR count). The largest absolute Gasteiger partial charge is 0.385 e. The molecule has 0 saturated heterocycles. The van der Waals surface area contributed by atoms with Gasteiger partial charge in [0.2, 0.25) is 0 Å². The molecular weight excluding hydrogens is 282 g/mol. The zero-order valence-corrected chi connectivity index (χ0v) is 11.4. The van der Waals surface area contributed by atoms with Gasteiger partial charge in [-0.15, -0.1) is 0 Å². The summed E-state index contributed by atoms with van der Waals surface area (Å²) in [4.78, 5) is 16.9. The lowest BCUT2D eigenvalue weighted by molar-refractivity contribution is 0.197. The number of likely N-dealkylation sites (N-methyl/N-ethyl adjacent to an activating group) is 1. The van der Waals surface area contributed by atoms with Gasteiger partial charge in [0.15, 0.2) is 0 Å². The van der Waals surface area contributed by atoms with Gasteiger partial charge in [-0.2, -0.15) is 4.99 Å². The summed E-state index contributed by atoms with van der Waals surface area (Å²) < 4.78 is 1.03. The molecule has 0 aliphatic carbocycles. The molecule has 90 valence electrons. The summed E-state index contributed by atoms with van der Waals surface area (Å²) in [7, 11) is 1.73. The van der Waals surface area contributed by atoms with Crippen LogP contribution in [0.2, 0.25) is 0 Å². The van der Waals surface area contributed by atoms with Gasteiger partial charge in [-0.1, -0.05) is 28.1 Å². The monoisotopic (exact) mass is 295 g/mol. The lowest BCUT2D eigenvalue weighted by Gasteiger charge is -2.31. The van der Waals surface area contributed by atoms with Gasteiger partial charge in [0.25, 0.3) is 0 Å². The maximum atomic E-state index is 11.5. The Bertz CT molecular complexity index is 483. The molecule has 0 spiro atoms. The van der Waals surface area contributed by atoms with Gasteiger partial charge in [-0.25, -0.2) is 4.79 Å². The van der Waals surface area contributed by atoms with Crippen molar-refractivity contribution in [1.82, 2.24) is 4.90 Å². The van der Waals surface area contributed by atoms with Crippen molar-refractivity contribution in [2.75, 3.05) is 7.05 Å². The summed E-state index contributed by atoms with van der Waals surface area (Å²) in [6, 6.07) is 7.70. The highest BCUT2D eigenvalue weighted by Crippen LogP contribution is 2.26. The van der Waals surface area contributed by atoms with Crippen LogP contribution < -0.4 is 5.73 Å². The highest BCUT2D eigenvalue weighted by Gasteiger charge is 2.42. The number of halogens is 1. The standard InChI is InChI=1S/C12H14BrN3O/c1-12(10(14)15-11(17)16(12)2)7-8-3-5-9(13)6-4-8/h3-6H,7H2,1-2H3,(H2,14,15,17). The zero-order chi connectivity index (χ0) is 12.6. The minimum atomic E-state index is -0.523. The van der Waals surface area contributed by atoms with Crippen LogP contribution in [0, 0.1) is 0 Å². The number of nitrogens with two attached hydrogens (primary N) is 1. The van der Waals surface area contributed by atoms with E-state index in [-0.39, 0.29) is 6.03 Å². The number of amidine groups is 1. The van der Waals surface area contributed by atoms with Crippen molar-refractivity contribution in [3.63, 3.8) is 0 Å². The molecule has 2 amide bonds. The fourth-order valence-corrected chi connectivity index (χ4v) is 2.15. The van der Waals surface area contributed by atoms with Crippen molar-refractivity contribution < 1.29 is 4.79 Å². The summed E-state index contributed by atoms with van der Waals surface area (Å²) in [5.41, 5.74) is 6.45. The molecular formula is C12H14BrN3O. The average Bonchev–Trinajstić information content (AvgIpc) is 2.47. The van der Waals surface area contributed by atoms with E-state index in [0.29, 0.717) is 12.3 Å². The first-order valence-electron chi connectivity index (χ1n) is 5.30. The van der Waals surface area contributed by atoms with Crippen molar-refractivity contribution in [3.05, 3.63) is 34.3 Å². The number of amides is 2. The highest BCUT2D eigenvalue weighted by atomic mass is 79.9. The second-order valence-corrected chi connectivity index (χ2v) is 5.33. The summed E-state index contributed by atoms with van der Waals surface area (Å²) in [6.45, 7) is 1.93. The molecule has 1 unspecified atom stereocenters. The molecule has 1 aliphatic heterocycles. The van der Waals surface area contributed by atoms with E-state index in [0.717, 1.165) is 10.0 Å². The smallest absolute Gasteiger partial charge is 0.345 e. The van der Waals surface area contributed by atoms with E-state index in [1.54, 1.807) is 11.9 Å². The van der Waals surface area contributed by atoms with E-state index in [4.69, 9.17) is 5.73 Å². The molecule has 0 aromatic heterocycles. The molecule has 1 heterocycles. The number of rotatable bonds is 2. The minimum absolute atomic E-state index is 0.276. The molecule has 0 fully saturated rings. The number of benzene rings is 1. The van der Waals surface area contributed by atoms with E-state index in [2.05, 4.69) is 20.9 Å². The van der Waals surface area contributed by atoms with Crippen LogP contribution >= 0.6 is 15.9 Å². The second kappa shape index (κ2) is 4.14. The molecule has 0 radical (unpaired) electrons. The van der Waals surface area contributed by atoms with Crippen molar-refractivity contribution >= 4 is 27.8 Å². The SMILES string of the molecule is CN1C(=O)N=C(N)C1(C)Cc1ccc(Br)cc1. The molecule has 0 saturated carbocycles. The fourth-order valence-electron chi connectivity index (χ4n) is 1.89. The normalized spacial score (nSPS) is 24.1. The number of carbonyl (C=O) groups is 1. The van der Waals surface area contributed by atoms with Gasteiger partial charge in [0, 0.05) is 17.9 Å². The zero-order valence-electron chi connectivity index (χ0n) is 9.77. The van der Waals surface area contributed by atoms with E-state index >= 15 is 0 Å². The maximum Gasteiger partial charge on any atom is 0.345 e. The van der Waals surface area contributed by atoms with E-state index in [1.165, 1.54) is 0 Å². The van der Waals surface area contributed by atoms with Crippen molar-refractivity contribution in [1.29, 1.82) is 0 Å². The van der Waals surface area contributed by atoms with E-state index < -0.39 is 5.54 Å². The summed E-state index contributed by atoms with van der Waals surface area (Å²) in [5.74, 6) is 0.382. The highest BCUT2D eigenvalue weighted by molar-refractivity contribution is 9.10. The van der Waals surface area contributed by atoms with Crippen LogP contribution in [0.4, 0.5) is 4.79 Å². The number of carbonyl (C=O) groups excluding carboxylic acids is 1. The van der Waals surface area contributed by atoms with Crippen LogP contribution in [0.1, 0.15) is 12.5 Å². The Balaban J connectivity index is 2.26. The molecule has 5 heteroatoms. The number of hydrogen-bond acceptors (Lipinski definition) is 2. The van der Waals surface area contributed by atoms with Crippen LogP contribution in [0.5, 0.6) is 0 Å². The van der Waals surface area contributed by atoms with Crippen molar-refractivity contribution in [2.24, 2.45) is 10.7 Å². The van der Waals surface area contributed by atoms with Gasteiger partial charge < -0.3 is 10.6 Å². The van der Waals surface area contributed by atoms with Crippen molar-refractivity contribution in [3.8, 4) is 0 Å². The molecule has 1 atom stereocenters. The fraction of sp³-hybridized carbons (Fsp3) is 0.333. The van der Waals surface area contributed by atoms with Crippen LogP contribution in [0.25, 0.3) is 0 Å². The van der Waals surface area contributed by atoms with Crippen molar-refractivity contribution in [2.45, 2.75) is 18.9 Å². The summed E-state index contributed by atoms with van der Waals surface area (Å²) in [5, 5.41) is 0. The minimum Gasteiger partial charge on any atom is -0.385 e. The van der Waals surface area contributed by atoms with Gasteiger partial charge in [-0.05, 0) is 24.6 Å². The Hall–Kier alpha value is -1.36. The predicted octanol–water partition coefficient (Wildman–Crippen LogP) is 2.17. The van der Waals surface area contributed by atoms with Gasteiger partial charge >= 0.3 is 6.03 Å². The third-order valence-electron chi connectivity index (χ3n) is 3.26. The lowest BCUT2D eigenvalue weighted by Crippen LogP contribution is -2.51. The quantitative estimate of drug-likeness (QED) is 0.909. The van der Waals surface area contributed by atoms with E-state index in [1.807, 2.05) is 31.2 Å². The molecule has 1 aromatic rings. The second-order valence-electron chi connectivity index (χ2n) is 4.42. The number of urea groups is 1. The Labute approximate surface area is 109 Å². The molecule has 1 aliphatic rings. The number of aliphatic imine (C=N–C) groups is 1. The van der Waals surface area contributed by atoms with Crippen LogP contribution in [-0.4, -0.2) is 29.4 Å². The molecule has 17 heavy (non-hydrogen) atoms. The van der Waals surface area contributed by atoms with Crippen LogP contribution in [-0.2, 0) is 6.42 Å². The van der Waals surface area contributed by atoms with Gasteiger partial charge in [0.1, 0.15) is 11.4 Å². The Kier molecular flexibility index (Phi) is 2.95. The lowest BCUT2D eigenvalue weighted by atomic mass is 9.91. The summed E-state index contributed by atoms with van der Waals surface area (Å²) >= 11 is 3.39. The molecule has 4 nitrogen and oxygen atoms in total. The third kappa shape index (κ3) is 2.07. The first-order chi connectivity index (χ1) is 7.93. The summed E-state index contributed by atoms with van der Waals surface area (Å²) in [6.07, 6.45) is 0.665. The molecule has 2 N–H and O–H groups in total. The molecule has 1 aromatic carbocycles. The van der Waals surface area contributed by atoms with Gasteiger partial charge in [0.05, 0.1) is 0 Å². The molecule has 0 bridgehead atoms. The Morgan fingerprint density at radius 2 is 2.00 bits per heavy atom. The topological polar surface area (TPSA) is 58.7 Å². The Morgan fingerprint density at radius 3 is 2.47 bits per heavy atom. The van der Waals surface area contributed by atoms with Crippen LogP contribution in [0.15, 0.2) is 33.7 Å². The van der Waals surface area contributed by atoms with Gasteiger partial charge in [-0.3, -0.25) is 0 Å². The average molecular weight is 296 g/mol. The van der Waals surface area contributed by atoms with Crippen LogP contribution in [0.3, 0.4) is 0 Å². The van der Waals surface area contributed by atoms with E-state index in [9.17, 15) is 4.79 Å². The number of hydrogen-bond donors (Lipinski definition) is 1. The first-order valence-corrected chi connectivity index (χ1v) is 6.09. The predicted molar refractivity (Wildman–Crippen MR) is 71.0 cm³/mol. The maximum absolute atomic E-state index is 11.5. The first kappa shape index (κ1) is 12.1. The Morgan fingerprint density at radius 1 is 1.41 bits per heavy atom.